The number of carbonyl (C=O) groups is 2. The molecule has 13 heteroatoms. The van der Waals surface area contributed by atoms with Crippen LogP contribution in [-0.2, 0) is 38.0 Å². The maximum Gasteiger partial charge on any atom is 0.330 e. The van der Waals surface area contributed by atoms with Crippen LogP contribution in [0.5, 0.6) is 5.75 Å². The van der Waals surface area contributed by atoms with Gasteiger partial charge in [0.1, 0.15) is 55.1 Å². The Bertz CT molecular complexity index is 1470. The molecule has 2 saturated heterocycles. The van der Waals surface area contributed by atoms with Gasteiger partial charge in [-0.1, -0.05) is 42.5 Å². The smallest absolute Gasteiger partial charge is 0.330 e. The molecule has 0 aromatic heterocycles. The minimum absolute atomic E-state index is 0.0741. The number of aliphatic hydroxyl groups is 4. The van der Waals surface area contributed by atoms with Crippen molar-refractivity contribution in [2.45, 2.75) is 54.8 Å². The fourth-order valence-corrected chi connectivity index (χ4v) is 6.06. The monoisotopic (exact) mass is 638 g/mol. The lowest BCUT2D eigenvalue weighted by Crippen LogP contribution is -2.60. The summed E-state index contributed by atoms with van der Waals surface area (Å²) >= 11 is 0. The van der Waals surface area contributed by atoms with Gasteiger partial charge in [-0.05, 0) is 41.5 Å². The molecule has 2 aromatic carbocycles. The van der Waals surface area contributed by atoms with E-state index in [1.165, 1.54) is 30.5 Å². The zero-order valence-electron chi connectivity index (χ0n) is 24.4. The number of ether oxygens (including phenoxy) is 6. The second-order valence-corrected chi connectivity index (χ2v) is 11.5. The first kappa shape index (κ1) is 31.9. The van der Waals surface area contributed by atoms with Crippen LogP contribution in [0.15, 0.2) is 79.1 Å². The number of benzene rings is 2. The number of epoxide rings is 1. The molecule has 244 valence electrons. The third-order valence-electron chi connectivity index (χ3n) is 8.54. The fourth-order valence-electron chi connectivity index (χ4n) is 6.06. The molecule has 11 atom stereocenters. The molecule has 0 spiro atoms. The quantitative estimate of drug-likeness (QED) is 0.138. The SMILES string of the molecule is O=C(/C=C/c1ccc(O)cc1)OC[C@H]1O[C@H](O[C@H]2OC=C[C@@H]3[C@H](O)[C@@H]4O[C@]4(COC(=O)/C=C/c4ccccc4)[C@H]23)[C@@H](O)[C@@H](O)[C@H]1O. The van der Waals surface area contributed by atoms with Crippen LogP contribution >= 0.6 is 0 Å². The molecular weight excluding hydrogens is 604 g/mol. The van der Waals surface area contributed by atoms with Crippen LogP contribution in [0.1, 0.15) is 11.1 Å². The van der Waals surface area contributed by atoms with Crippen molar-refractivity contribution in [3.05, 3.63) is 90.2 Å². The zero-order chi connectivity index (χ0) is 32.4. The highest BCUT2D eigenvalue weighted by Crippen LogP contribution is 2.60. The minimum atomic E-state index is -1.73. The highest BCUT2D eigenvalue weighted by molar-refractivity contribution is 5.87. The summed E-state index contributed by atoms with van der Waals surface area (Å²) in [4.78, 5) is 24.8. The van der Waals surface area contributed by atoms with Crippen molar-refractivity contribution in [2.75, 3.05) is 13.2 Å². The Kier molecular flexibility index (Phi) is 9.25. The van der Waals surface area contributed by atoms with E-state index < -0.39 is 85.2 Å². The highest BCUT2D eigenvalue weighted by atomic mass is 16.8. The normalized spacial score (nSPS) is 36.2. The van der Waals surface area contributed by atoms with Crippen LogP contribution < -0.4 is 0 Å². The van der Waals surface area contributed by atoms with E-state index in [0.29, 0.717) is 5.56 Å². The fraction of sp³-hybridized carbons (Fsp3) is 0.394. The molecule has 0 unspecified atom stereocenters. The molecule has 0 amide bonds. The number of rotatable bonds is 10. The van der Waals surface area contributed by atoms with Crippen molar-refractivity contribution < 1.29 is 63.5 Å². The average Bonchev–Trinajstić information content (AvgIpc) is 3.75. The molecule has 2 aromatic rings. The third-order valence-corrected chi connectivity index (χ3v) is 8.54. The van der Waals surface area contributed by atoms with Crippen molar-refractivity contribution in [3.8, 4) is 5.75 Å². The summed E-state index contributed by atoms with van der Waals surface area (Å²) in [5.74, 6) is -2.52. The molecule has 4 aliphatic rings. The van der Waals surface area contributed by atoms with Gasteiger partial charge in [-0.2, -0.15) is 0 Å². The van der Waals surface area contributed by atoms with Gasteiger partial charge in [-0.15, -0.1) is 0 Å². The number of esters is 2. The molecule has 6 rings (SSSR count). The van der Waals surface area contributed by atoms with Crippen molar-refractivity contribution in [3.63, 3.8) is 0 Å². The van der Waals surface area contributed by atoms with E-state index >= 15 is 0 Å². The van der Waals surface area contributed by atoms with Gasteiger partial charge in [0.05, 0.1) is 18.3 Å². The van der Waals surface area contributed by atoms with Gasteiger partial charge in [0.25, 0.3) is 0 Å². The lowest BCUT2D eigenvalue weighted by molar-refractivity contribution is -0.344. The summed E-state index contributed by atoms with van der Waals surface area (Å²) in [7, 11) is 0. The Hall–Kier alpha value is -4.08. The number of aliphatic hydroxyl groups excluding tert-OH is 4. The standard InChI is InChI=1S/C33H34O13/c34-20-10-6-19(7-11-20)9-12-23(35)42-16-22-27(38)28(39)29(40)32(44-22)45-31-25-21(14-15-41-31)26(37)30-33(25,46-30)17-43-24(36)13-8-18-4-2-1-3-5-18/h1-15,21-22,25-32,34,37-40H,16-17H2/b12-9+,13-8+/t21-,22+,25-,26-,27-,28-,29-,30-,31+,32+,33+/m0/s1. The first-order chi connectivity index (χ1) is 22.2. The van der Waals surface area contributed by atoms with Crippen molar-refractivity contribution in [2.24, 2.45) is 11.8 Å². The van der Waals surface area contributed by atoms with E-state index in [2.05, 4.69) is 0 Å². The largest absolute Gasteiger partial charge is 0.508 e. The van der Waals surface area contributed by atoms with Crippen LogP contribution in [0, 0.1) is 11.8 Å². The summed E-state index contributed by atoms with van der Waals surface area (Å²) in [5.41, 5.74) is 0.295. The second kappa shape index (κ2) is 13.3. The van der Waals surface area contributed by atoms with E-state index in [0.717, 1.165) is 11.6 Å². The molecule has 3 heterocycles. The maximum absolute atomic E-state index is 12.5. The molecule has 3 aliphatic heterocycles. The van der Waals surface area contributed by atoms with Gasteiger partial charge >= 0.3 is 11.9 Å². The predicted molar refractivity (Wildman–Crippen MR) is 157 cm³/mol. The van der Waals surface area contributed by atoms with Gasteiger partial charge in [0.2, 0.25) is 6.29 Å². The number of fused-ring (bicyclic) bond motifs is 3. The molecule has 1 aliphatic carbocycles. The van der Waals surface area contributed by atoms with Gasteiger partial charge in [-0.25, -0.2) is 9.59 Å². The number of aromatic hydroxyl groups is 1. The summed E-state index contributed by atoms with van der Waals surface area (Å²) in [6, 6.07) is 15.3. The summed E-state index contributed by atoms with van der Waals surface area (Å²) in [5, 5.41) is 52.1. The molecule has 13 nitrogen and oxygen atoms in total. The molecule has 0 bridgehead atoms. The van der Waals surface area contributed by atoms with E-state index in [4.69, 9.17) is 28.4 Å². The zero-order valence-corrected chi connectivity index (χ0v) is 24.4. The van der Waals surface area contributed by atoms with Crippen molar-refractivity contribution >= 4 is 24.1 Å². The third kappa shape index (κ3) is 6.57. The Morgan fingerprint density at radius 3 is 2.20 bits per heavy atom. The van der Waals surface area contributed by atoms with Crippen LogP contribution in [-0.4, -0.2) is 105 Å². The Labute approximate surface area is 263 Å². The Balaban J connectivity index is 1.08. The molecular formula is C33H34O13. The Morgan fingerprint density at radius 2 is 1.48 bits per heavy atom. The minimum Gasteiger partial charge on any atom is -0.508 e. The van der Waals surface area contributed by atoms with Gasteiger partial charge in [-0.3, -0.25) is 0 Å². The lowest BCUT2D eigenvalue weighted by atomic mass is 9.85. The van der Waals surface area contributed by atoms with Crippen LogP contribution in [0.3, 0.4) is 0 Å². The number of hydrogen-bond acceptors (Lipinski definition) is 13. The highest BCUT2D eigenvalue weighted by Gasteiger charge is 2.76. The van der Waals surface area contributed by atoms with Gasteiger partial charge < -0.3 is 54.0 Å². The number of phenols is 1. The van der Waals surface area contributed by atoms with Crippen LogP contribution in [0.4, 0.5) is 0 Å². The number of carbonyl (C=O) groups excluding carboxylic acids is 2. The first-order valence-corrected chi connectivity index (χ1v) is 14.7. The van der Waals surface area contributed by atoms with Crippen LogP contribution in [0.25, 0.3) is 12.2 Å². The summed E-state index contributed by atoms with van der Waals surface area (Å²) in [6.45, 7) is -0.697. The molecule has 1 saturated carbocycles. The van der Waals surface area contributed by atoms with Crippen molar-refractivity contribution in [1.29, 1.82) is 0 Å². The van der Waals surface area contributed by atoms with Crippen LogP contribution in [0.2, 0.25) is 0 Å². The topological polar surface area (TPSA) is 194 Å². The van der Waals surface area contributed by atoms with E-state index in [1.807, 2.05) is 30.3 Å². The molecule has 0 radical (unpaired) electrons. The van der Waals surface area contributed by atoms with Gasteiger partial charge in [0, 0.05) is 18.1 Å². The van der Waals surface area contributed by atoms with E-state index in [9.17, 15) is 35.1 Å². The average molecular weight is 639 g/mol. The first-order valence-electron chi connectivity index (χ1n) is 14.7. The number of hydrogen-bond donors (Lipinski definition) is 5. The summed E-state index contributed by atoms with van der Waals surface area (Å²) in [6.07, 6.45) is -2.23. The van der Waals surface area contributed by atoms with E-state index in [-0.39, 0.29) is 12.4 Å². The van der Waals surface area contributed by atoms with Crippen molar-refractivity contribution in [1.82, 2.24) is 0 Å². The maximum atomic E-state index is 12.5. The van der Waals surface area contributed by atoms with Gasteiger partial charge in [0.15, 0.2) is 6.29 Å². The Morgan fingerprint density at radius 1 is 0.804 bits per heavy atom. The summed E-state index contributed by atoms with van der Waals surface area (Å²) < 4.78 is 33.9. The predicted octanol–water partition coefficient (Wildman–Crippen LogP) is 0.644. The second-order valence-electron chi connectivity index (χ2n) is 11.5. The number of phenolic OH excluding ortho intramolecular Hbond substituents is 1. The van der Waals surface area contributed by atoms with E-state index in [1.54, 1.807) is 24.3 Å². The molecule has 3 fully saturated rings. The lowest BCUT2D eigenvalue weighted by Gasteiger charge is -2.43. The molecule has 46 heavy (non-hydrogen) atoms. The molecule has 5 N–H and O–H groups in total.